The Morgan fingerprint density at radius 2 is 1.50 bits per heavy atom. The van der Waals surface area contributed by atoms with Gasteiger partial charge in [0.1, 0.15) is 6.09 Å². The first-order valence-electron chi connectivity index (χ1n) is 3.40. The summed E-state index contributed by atoms with van der Waals surface area (Å²) in [7, 11) is 0. The van der Waals surface area contributed by atoms with Gasteiger partial charge in [-0.2, -0.15) is 0 Å². The lowest BCUT2D eigenvalue weighted by Crippen LogP contribution is -2.42. The fourth-order valence-electron chi connectivity index (χ4n) is 0.391. The molecular formula is C6H9N2O6-3. The van der Waals surface area contributed by atoms with Crippen LogP contribution in [-0.2, 0) is 9.59 Å². The summed E-state index contributed by atoms with van der Waals surface area (Å²) in [6.07, 6.45) is -2.08. The van der Waals surface area contributed by atoms with Crippen LogP contribution >= 0.6 is 0 Å². The van der Waals surface area contributed by atoms with Crippen molar-refractivity contribution < 1.29 is 29.7 Å². The van der Waals surface area contributed by atoms with E-state index in [1.165, 1.54) is 0 Å². The van der Waals surface area contributed by atoms with E-state index in [2.05, 4.69) is 5.73 Å². The molecule has 0 aromatic carbocycles. The number of carbonyl (C=O) groups is 3. The van der Waals surface area contributed by atoms with Crippen LogP contribution in [-0.4, -0.2) is 24.1 Å². The number of aliphatic carboxylic acids is 2. The highest BCUT2D eigenvalue weighted by atomic mass is 16.4. The van der Waals surface area contributed by atoms with Gasteiger partial charge in [-0.05, 0) is 12.8 Å². The van der Waals surface area contributed by atoms with Crippen LogP contribution in [0.4, 0.5) is 4.79 Å². The monoisotopic (exact) mass is 205 g/mol. The van der Waals surface area contributed by atoms with Crippen molar-refractivity contribution in [3.05, 3.63) is 0 Å². The first kappa shape index (κ1) is 14.7. The van der Waals surface area contributed by atoms with Crippen molar-refractivity contribution in [1.82, 2.24) is 0 Å². The summed E-state index contributed by atoms with van der Waals surface area (Å²) in [6, 6.07) is -1.21. The molecule has 0 aliphatic rings. The third-order valence-corrected chi connectivity index (χ3v) is 0.962. The molecule has 0 aliphatic carbocycles. The number of carboxylic acids is 2. The summed E-state index contributed by atoms with van der Waals surface area (Å²) in [5, 5.41) is 28.3. The number of carboxylic acid groups (broad SMARTS) is 3. The Bertz CT molecular complexity index is 212. The molecule has 0 fully saturated rings. The van der Waals surface area contributed by atoms with Gasteiger partial charge in [0.2, 0.25) is 0 Å². The Kier molecular flexibility index (Phi) is 8.18. The molecule has 8 nitrogen and oxygen atoms in total. The largest absolute Gasteiger partial charge is 0.550 e. The van der Waals surface area contributed by atoms with Crippen LogP contribution in [0.25, 0.3) is 0 Å². The van der Waals surface area contributed by atoms with E-state index in [4.69, 9.17) is 15.6 Å². The SMILES string of the molecule is NC(=O)[O-].NC(CCC(=O)[O-])C(=O)[O-]. The minimum absolute atomic E-state index is 0.148. The first-order chi connectivity index (χ1) is 6.27. The molecule has 0 rings (SSSR count). The predicted octanol–water partition coefficient (Wildman–Crippen LogP) is -5.12. The molecule has 1 unspecified atom stereocenters. The van der Waals surface area contributed by atoms with Crippen LogP contribution in [0.5, 0.6) is 0 Å². The number of hydrogen-bond acceptors (Lipinski definition) is 7. The van der Waals surface area contributed by atoms with Gasteiger partial charge >= 0.3 is 0 Å². The second-order valence-corrected chi connectivity index (χ2v) is 2.16. The first-order valence-corrected chi connectivity index (χ1v) is 3.40. The van der Waals surface area contributed by atoms with Crippen LogP contribution < -0.4 is 26.8 Å². The Hall–Kier alpha value is -1.83. The molecule has 1 atom stereocenters. The Morgan fingerprint density at radius 1 is 1.14 bits per heavy atom. The second-order valence-electron chi connectivity index (χ2n) is 2.16. The summed E-state index contributed by atoms with van der Waals surface area (Å²) in [4.78, 5) is 28.3. The second kappa shape index (κ2) is 7.80. The summed E-state index contributed by atoms with van der Waals surface area (Å²) < 4.78 is 0. The van der Waals surface area contributed by atoms with Gasteiger partial charge in [-0.1, -0.05) is 0 Å². The lowest BCUT2D eigenvalue weighted by Gasteiger charge is -2.11. The van der Waals surface area contributed by atoms with Crippen LogP contribution in [0.3, 0.4) is 0 Å². The molecule has 0 saturated carbocycles. The van der Waals surface area contributed by atoms with E-state index in [9.17, 15) is 19.8 Å². The number of nitrogens with two attached hydrogens (primary N) is 2. The highest BCUT2D eigenvalue weighted by Crippen LogP contribution is 1.90. The molecule has 0 heterocycles. The average Bonchev–Trinajstić information content (AvgIpc) is 1.98. The fraction of sp³-hybridized carbons (Fsp3) is 0.500. The number of carbonyl (C=O) groups excluding carboxylic acids is 3. The van der Waals surface area contributed by atoms with Gasteiger partial charge in [-0.25, -0.2) is 0 Å². The van der Waals surface area contributed by atoms with E-state index >= 15 is 0 Å². The molecule has 8 heteroatoms. The van der Waals surface area contributed by atoms with Gasteiger partial charge in [0.25, 0.3) is 0 Å². The maximum atomic E-state index is 9.86. The number of amides is 1. The lowest BCUT2D eigenvalue weighted by atomic mass is 10.2. The molecule has 1 amide bonds. The third kappa shape index (κ3) is 16.6. The zero-order valence-corrected chi connectivity index (χ0v) is 7.10. The normalized spacial score (nSPS) is 10.6. The Balaban J connectivity index is 0. The highest BCUT2D eigenvalue weighted by molar-refractivity contribution is 5.72. The van der Waals surface area contributed by atoms with E-state index in [1.54, 1.807) is 0 Å². The topological polar surface area (TPSA) is 172 Å². The average molecular weight is 205 g/mol. The maximum absolute atomic E-state index is 9.86. The molecule has 0 aliphatic heterocycles. The van der Waals surface area contributed by atoms with E-state index < -0.39 is 24.1 Å². The van der Waals surface area contributed by atoms with E-state index in [0.717, 1.165) is 0 Å². The van der Waals surface area contributed by atoms with Gasteiger partial charge < -0.3 is 41.2 Å². The van der Waals surface area contributed by atoms with Crippen molar-refractivity contribution in [2.45, 2.75) is 18.9 Å². The lowest BCUT2D eigenvalue weighted by molar-refractivity contribution is -0.309. The quantitative estimate of drug-likeness (QED) is 0.461. The van der Waals surface area contributed by atoms with Gasteiger partial charge in [-0.3, -0.25) is 0 Å². The van der Waals surface area contributed by atoms with Crippen molar-refractivity contribution in [3.63, 3.8) is 0 Å². The minimum atomic E-state index is -1.58. The summed E-state index contributed by atoms with van der Waals surface area (Å²) in [6.45, 7) is 0. The van der Waals surface area contributed by atoms with Gasteiger partial charge in [0.05, 0.1) is 5.97 Å². The van der Waals surface area contributed by atoms with Crippen LogP contribution in [0.1, 0.15) is 12.8 Å². The smallest absolute Gasteiger partial charge is 0.131 e. The van der Waals surface area contributed by atoms with Crippen molar-refractivity contribution in [2.75, 3.05) is 0 Å². The molecule has 4 N–H and O–H groups in total. The van der Waals surface area contributed by atoms with Crippen LogP contribution in [0, 0.1) is 0 Å². The van der Waals surface area contributed by atoms with Gasteiger partial charge in [0.15, 0.2) is 0 Å². The van der Waals surface area contributed by atoms with Crippen LogP contribution in [0.15, 0.2) is 0 Å². The van der Waals surface area contributed by atoms with Gasteiger partial charge in [0, 0.05) is 12.0 Å². The molecule has 0 aromatic rings. The zero-order valence-electron chi connectivity index (χ0n) is 7.10. The molecule has 0 radical (unpaired) electrons. The number of primary amides is 1. The fourth-order valence-corrected chi connectivity index (χ4v) is 0.391. The third-order valence-electron chi connectivity index (χ3n) is 0.962. The zero-order chi connectivity index (χ0) is 11.7. The van der Waals surface area contributed by atoms with Crippen molar-refractivity contribution >= 4 is 18.0 Å². The number of rotatable bonds is 4. The molecule has 0 saturated heterocycles. The number of hydrogen-bond donors (Lipinski definition) is 2. The highest BCUT2D eigenvalue weighted by Gasteiger charge is 2.01. The van der Waals surface area contributed by atoms with E-state index in [0.29, 0.717) is 0 Å². The summed E-state index contributed by atoms with van der Waals surface area (Å²) >= 11 is 0. The Morgan fingerprint density at radius 3 is 1.71 bits per heavy atom. The van der Waals surface area contributed by atoms with Crippen molar-refractivity contribution in [3.8, 4) is 0 Å². The standard InChI is InChI=1S/C5H9NO4.CH3NO2/c6-3(5(9)10)1-2-4(7)8;2-1(3)4/h3H,1-2,6H2,(H,7,8)(H,9,10);2H2,(H,3,4)/p-3. The summed E-state index contributed by atoms with van der Waals surface area (Å²) in [5.74, 6) is -2.75. The predicted molar refractivity (Wildman–Crippen MR) is 36.8 cm³/mol. The van der Waals surface area contributed by atoms with E-state index in [-0.39, 0.29) is 12.8 Å². The minimum Gasteiger partial charge on any atom is -0.550 e. The van der Waals surface area contributed by atoms with E-state index in [1.807, 2.05) is 0 Å². The Labute approximate surface area is 79.1 Å². The molecule has 14 heavy (non-hydrogen) atoms. The molecule has 0 bridgehead atoms. The van der Waals surface area contributed by atoms with Crippen molar-refractivity contribution in [1.29, 1.82) is 0 Å². The molecule has 0 spiro atoms. The molecule has 0 aromatic heterocycles. The maximum Gasteiger partial charge on any atom is 0.131 e. The van der Waals surface area contributed by atoms with Crippen molar-refractivity contribution in [2.24, 2.45) is 11.5 Å². The van der Waals surface area contributed by atoms with Gasteiger partial charge in [-0.15, -0.1) is 0 Å². The molecule has 82 valence electrons. The van der Waals surface area contributed by atoms with Crippen LogP contribution in [0.2, 0.25) is 0 Å². The summed E-state index contributed by atoms with van der Waals surface area (Å²) in [5.41, 5.74) is 8.83. The molecular weight excluding hydrogens is 196 g/mol.